The molecule has 122 valence electrons. The molecule has 0 N–H and O–H groups in total. The molecule has 0 fully saturated rings. The van der Waals surface area contributed by atoms with Gasteiger partial charge < -0.3 is 0 Å². The van der Waals surface area contributed by atoms with Gasteiger partial charge in [-0.05, 0) is 12.1 Å². The smallest absolute Gasteiger partial charge is 0.292 e. The van der Waals surface area contributed by atoms with Gasteiger partial charge in [0.15, 0.2) is 5.78 Å². The number of anilines is 1. The molecule has 8 heteroatoms. The number of hydrogen-bond acceptors (Lipinski definition) is 3. The number of alkyl halides is 3. The maximum Gasteiger partial charge on any atom is 0.516 e. The summed E-state index contributed by atoms with van der Waals surface area (Å²) in [4.78, 5) is 12.1. The van der Waals surface area contributed by atoms with Crippen molar-refractivity contribution < 1.29 is 26.4 Å². The van der Waals surface area contributed by atoms with Crippen molar-refractivity contribution in [2.24, 2.45) is 0 Å². The van der Waals surface area contributed by atoms with Crippen LogP contribution < -0.4 is 4.31 Å². The number of nitrogens with zero attached hydrogens (tertiary/aromatic N) is 1. The van der Waals surface area contributed by atoms with E-state index in [0.29, 0.717) is 0 Å². The summed E-state index contributed by atoms with van der Waals surface area (Å²) in [7, 11) is -5.68. The van der Waals surface area contributed by atoms with Crippen LogP contribution in [0.5, 0.6) is 0 Å². The Bertz CT molecular complexity index is 775. The fourth-order valence-electron chi connectivity index (χ4n) is 1.88. The lowest BCUT2D eigenvalue weighted by Gasteiger charge is -2.24. The summed E-state index contributed by atoms with van der Waals surface area (Å²) in [6.07, 6.45) is 0. The Kier molecular flexibility index (Phi) is 4.74. The summed E-state index contributed by atoms with van der Waals surface area (Å²) in [5.41, 5.74) is -5.60. The van der Waals surface area contributed by atoms with Crippen molar-refractivity contribution in [2.75, 3.05) is 10.8 Å². The molecule has 0 aliphatic heterocycles. The Balaban J connectivity index is 2.42. The van der Waals surface area contributed by atoms with Gasteiger partial charge >= 0.3 is 15.5 Å². The second-order valence-corrected chi connectivity index (χ2v) is 6.44. The molecule has 2 aromatic rings. The molecule has 0 spiro atoms. The first kappa shape index (κ1) is 17.0. The maximum absolute atomic E-state index is 12.9. The number of hydrogen-bond donors (Lipinski definition) is 0. The van der Waals surface area contributed by atoms with Crippen LogP contribution in [0.15, 0.2) is 60.7 Å². The molecule has 0 aromatic heterocycles. The number of rotatable bonds is 5. The summed E-state index contributed by atoms with van der Waals surface area (Å²) >= 11 is 0. The molecule has 0 saturated carbocycles. The fraction of sp³-hybridized carbons (Fsp3) is 0.133. The second-order valence-electron chi connectivity index (χ2n) is 4.58. The highest BCUT2D eigenvalue weighted by molar-refractivity contribution is 7.93. The third kappa shape index (κ3) is 3.70. The topological polar surface area (TPSA) is 54.5 Å². The first-order valence-electron chi connectivity index (χ1n) is 6.46. The first-order valence-corrected chi connectivity index (χ1v) is 7.90. The van der Waals surface area contributed by atoms with Gasteiger partial charge in [-0.2, -0.15) is 21.6 Å². The number of ketones is 1. The minimum absolute atomic E-state index is 0.0718. The van der Waals surface area contributed by atoms with E-state index in [1.807, 2.05) is 0 Å². The van der Waals surface area contributed by atoms with Crippen molar-refractivity contribution >= 4 is 21.5 Å². The van der Waals surface area contributed by atoms with Crippen molar-refractivity contribution in [3.05, 3.63) is 66.2 Å². The van der Waals surface area contributed by atoms with Crippen LogP contribution in [0.2, 0.25) is 0 Å². The predicted molar refractivity (Wildman–Crippen MR) is 79.5 cm³/mol. The molecular weight excluding hydrogens is 331 g/mol. The van der Waals surface area contributed by atoms with Gasteiger partial charge in [-0.3, -0.25) is 9.10 Å². The maximum atomic E-state index is 12.9. The van der Waals surface area contributed by atoms with Crippen LogP contribution in [-0.4, -0.2) is 26.3 Å². The lowest BCUT2D eigenvalue weighted by Crippen LogP contribution is -2.43. The summed E-state index contributed by atoms with van der Waals surface area (Å²) in [6, 6.07) is 14.2. The lowest BCUT2D eigenvalue weighted by molar-refractivity contribution is -0.0437. The highest BCUT2D eigenvalue weighted by Crippen LogP contribution is 2.30. The molecule has 4 nitrogen and oxygen atoms in total. The van der Waals surface area contributed by atoms with Gasteiger partial charge in [0.2, 0.25) is 0 Å². The zero-order valence-electron chi connectivity index (χ0n) is 11.7. The zero-order valence-corrected chi connectivity index (χ0v) is 12.5. The van der Waals surface area contributed by atoms with Crippen LogP contribution in [-0.2, 0) is 10.0 Å². The van der Waals surface area contributed by atoms with E-state index >= 15 is 0 Å². The van der Waals surface area contributed by atoms with E-state index in [1.54, 1.807) is 18.2 Å². The normalized spacial score (nSPS) is 12.0. The lowest BCUT2D eigenvalue weighted by atomic mass is 10.1. The monoisotopic (exact) mass is 343 g/mol. The minimum atomic E-state index is -5.68. The summed E-state index contributed by atoms with van der Waals surface area (Å²) < 4.78 is 62.3. The molecular formula is C15H12F3NO3S. The summed E-state index contributed by atoms with van der Waals surface area (Å²) in [5.74, 6) is -0.734. The van der Waals surface area contributed by atoms with Crippen LogP contribution in [0.3, 0.4) is 0 Å². The van der Waals surface area contributed by atoms with Crippen LogP contribution >= 0.6 is 0 Å². The average molecular weight is 343 g/mol. The largest absolute Gasteiger partial charge is 0.516 e. The van der Waals surface area contributed by atoms with Crippen molar-refractivity contribution in [1.82, 2.24) is 0 Å². The third-order valence-corrected chi connectivity index (χ3v) is 4.51. The summed E-state index contributed by atoms with van der Waals surface area (Å²) in [6.45, 7) is -0.935. The Hall–Kier alpha value is -2.35. The molecule has 0 unspecified atom stereocenters. The molecule has 2 rings (SSSR count). The van der Waals surface area contributed by atoms with Crippen LogP contribution in [0, 0.1) is 0 Å². The Morgan fingerprint density at radius 3 is 1.87 bits per heavy atom. The van der Waals surface area contributed by atoms with Crippen molar-refractivity contribution in [3.63, 3.8) is 0 Å². The van der Waals surface area contributed by atoms with Gasteiger partial charge in [0.05, 0.1) is 12.2 Å². The quantitative estimate of drug-likeness (QED) is 0.783. The number of carbonyl (C=O) groups excluding carboxylic acids is 1. The van der Waals surface area contributed by atoms with E-state index < -0.39 is 27.9 Å². The number of para-hydroxylation sites is 1. The van der Waals surface area contributed by atoms with Gasteiger partial charge in [-0.25, -0.2) is 0 Å². The van der Waals surface area contributed by atoms with Crippen LogP contribution in [0.1, 0.15) is 10.4 Å². The molecule has 2 aromatic carbocycles. The van der Waals surface area contributed by atoms with Crippen molar-refractivity contribution in [1.29, 1.82) is 0 Å². The van der Waals surface area contributed by atoms with Crippen LogP contribution in [0.4, 0.5) is 18.9 Å². The van der Waals surface area contributed by atoms with E-state index in [4.69, 9.17) is 0 Å². The molecule has 0 saturated heterocycles. The molecule has 0 atom stereocenters. The second kappa shape index (κ2) is 6.41. The third-order valence-electron chi connectivity index (χ3n) is 3.01. The molecule has 0 radical (unpaired) electrons. The molecule has 0 aliphatic carbocycles. The van der Waals surface area contributed by atoms with Gasteiger partial charge in [0, 0.05) is 5.56 Å². The van der Waals surface area contributed by atoms with Crippen molar-refractivity contribution in [2.45, 2.75) is 5.51 Å². The summed E-state index contributed by atoms with van der Waals surface area (Å²) in [5, 5.41) is 0. The zero-order chi connectivity index (χ0) is 17.1. The van der Waals surface area contributed by atoms with Crippen molar-refractivity contribution in [3.8, 4) is 0 Å². The van der Waals surface area contributed by atoms with Gasteiger partial charge in [0.25, 0.3) is 0 Å². The molecule has 0 bridgehead atoms. The van der Waals surface area contributed by atoms with E-state index in [-0.39, 0.29) is 15.6 Å². The van der Waals surface area contributed by atoms with Gasteiger partial charge in [0.1, 0.15) is 0 Å². The number of carbonyl (C=O) groups is 1. The Labute approximate surface area is 131 Å². The average Bonchev–Trinajstić information content (AvgIpc) is 2.52. The number of Topliss-reactive ketones (excluding diaryl/α,β-unsaturated/α-hetero) is 1. The highest BCUT2D eigenvalue weighted by atomic mass is 32.2. The molecule has 23 heavy (non-hydrogen) atoms. The van der Waals surface area contributed by atoms with E-state index in [2.05, 4.69) is 0 Å². The minimum Gasteiger partial charge on any atom is -0.292 e. The highest BCUT2D eigenvalue weighted by Gasteiger charge is 2.50. The molecule has 0 heterocycles. The first-order chi connectivity index (χ1) is 10.7. The Morgan fingerprint density at radius 2 is 1.39 bits per heavy atom. The Morgan fingerprint density at radius 1 is 0.913 bits per heavy atom. The number of sulfonamides is 1. The fourth-order valence-corrected chi connectivity index (χ4v) is 2.82. The van der Waals surface area contributed by atoms with E-state index in [9.17, 15) is 26.4 Å². The standard InChI is InChI=1S/C15H12F3NO3S/c16-15(17,18)23(21,22)19(13-9-5-2-6-10-13)11-14(20)12-7-3-1-4-8-12/h1-10H,11H2. The molecule has 0 aliphatic rings. The van der Waals surface area contributed by atoms with E-state index in [0.717, 1.165) is 0 Å². The SMILES string of the molecule is O=C(CN(c1ccccc1)S(=O)(=O)C(F)(F)F)c1ccccc1. The van der Waals surface area contributed by atoms with Gasteiger partial charge in [-0.1, -0.05) is 48.5 Å². The van der Waals surface area contributed by atoms with Crippen LogP contribution in [0.25, 0.3) is 0 Å². The molecule has 0 amide bonds. The van der Waals surface area contributed by atoms with Gasteiger partial charge in [-0.15, -0.1) is 0 Å². The predicted octanol–water partition coefficient (Wildman–Crippen LogP) is 3.23. The number of benzene rings is 2. The van der Waals surface area contributed by atoms with E-state index in [1.165, 1.54) is 42.5 Å². The number of halogens is 3.